The summed E-state index contributed by atoms with van der Waals surface area (Å²) in [6.07, 6.45) is 10.1. The fourth-order valence-corrected chi connectivity index (χ4v) is 6.21. The highest BCUT2D eigenvalue weighted by atomic mass is 16.1. The quantitative estimate of drug-likeness (QED) is 0.602. The molecule has 1 aromatic heterocycles. The number of rotatable bonds is 2. The van der Waals surface area contributed by atoms with Gasteiger partial charge in [-0.3, -0.25) is 0 Å². The zero-order chi connectivity index (χ0) is 20.9. The first-order valence-corrected chi connectivity index (χ1v) is 11.4. The number of fused-ring (bicyclic) bond motifs is 3. The number of imidazole rings is 1. The van der Waals surface area contributed by atoms with Crippen LogP contribution in [0, 0.1) is 18.4 Å². The van der Waals surface area contributed by atoms with Crippen molar-refractivity contribution in [3.8, 4) is 5.69 Å². The average Bonchev–Trinajstić information content (AvgIpc) is 3.18. The summed E-state index contributed by atoms with van der Waals surface area (Å²) in [5.74, 6) is 1.76. The van der Waals surface area contributed by atoms with Crippen molar-refractivity contribution in [2.45, 2.75) is 70.1 Å². The number of hydrogen-bond donors (Lipinski definition) is 0. The predicted molar refractivity (Wildman–Crippen MR) is 117 cm³/mol. The standard InChI is InChI=1S/C26H29N3O/c1-17-20-14-15-22-24(26(20,2)16-21(27-3)23(17)30)28-25(18-10-6-4-7-11-18)29(22)19-12-8-5-9-13-19/h5,8-9,12-13,16-18,20H,4,6-7,10-11,14-15H2,1-2H3/t17-,20-,26-/m1/s1. The van der Waals surface area contributed by atoms with E-state index in [9.17, 15) is 4.79 Å². The second kappa shape index (κ2) is 7.23. The minimum Gasteiger partial charge on any atom is -0.308 e. The van der Waals surface area contributed by atoms with Crippen LogP contribution in [0.15, 0.2) is 42.1 Å². The maximum absolute atomic E-state index is 12.7. The lowest BCUT2D eigenvalue weighted by molar-refractivity contribution is -0.121. The number of benzene rings is 1. The first kappa shape index (κ1) is 19.3. The molecule has 3 aliphatic carbocycles. The van der Waals surface area contributed by atoms with Crippen molar-refractivity contribution in [2.24, 2.45) is 11.8 Å². The molecule has 0 amide bonds. The lowest BCUT2D eigenvalue weighted by Gasteiger charge is -2.44. The lowest BCUT2D eigenvalue weighted by atomic mass is 9.59. The van der Waals surface area contributed by atoms with Gasteiger partial charge in [0, 0.05) is 28.6 Å². The van der Waals surface area contributed by atoms with Gasteiger partial charge in [-0.1, -0.05) is 57.4 Å². The van der Waals surface area contributed by atoms with Gasteiger partial charge in [0.15, 0.2) is 5.78 Å². The molecule has 0 aliphatic heterocycles. The number of carbonyl (C=O) groups is 1. The molecule has 4 nitrogen and oxygen atoms in total. The molecule has 4 heteroatoms. The normalized spacial score (nSPS) is 29.0. The molecular weight excluding hydrogens is 370 g/mol. The van der Waals surface area contributed by atoms with Crippen LogP contribution < -0.4 is 0 Å². The SMILES string of the molecule is [C-]#[N+]C1=C[C@@]2(C)c3nc(C4CCCCC4)n(-c4ccccc4)c3CC[C@@H]2[C@@H](C)C1=O. The lowest BCUT2D eigenvalue weighted by Crippen LogP contribution is -2.45. The van der Waals surface area contributed by atoms with Gasteiger partial charge >= 0.3 is 0 Å². The molecule has 0 unspecified atom stereocenters. The Morgan fingerprint density at radius 1 is 1.13 bits per heavy atom. The second-order valence-electron chi connectivity index (χ2n) is 9.49. The van der Waals surface area contributed by atoms with Gasteiger partial charge in [0.25, 0.3) is 0 Å². The number of nitrogens with zero attached hydrogens (tertiary/aromatic N) is 3. The minimum absolute atomic E-state index is 0.00548. The van der Waals surface area contributed by atoms with Crippen molar-refractivity contribution in [1.29, 1.82) is 0 Å². The van der Waals surface area contributed by atoms with Crippen LogP contribution in [0.2, 0.25) is 0 Å². The van der Waals surface area contributed by atoms with E-state index in [4.69, 9.17) is 11.6 Å². The highest BCUT2D eigenvalue weighted by Crippen LogP contribution is 2.51. The first-order valence-electron chi connectivity index (χ1n) is 11.4. The summed E-state index contributed by atoms with van der Waals surface area (Å²) >= 11 is 0. The summed E-state index contributed by atoms with van der Waals surface area (Å²) in [6.45, 7) is 11.8. The summed E-state index contributed by atoms with van der Waals surface area (Å²) in [5.41, 5.74) is 3.50. The third-order valence-electron chi connectivity index (χ3n) is 7.78. The van der Waals surface area contributed by atoms with Gasteiger partial charge < -0.3 is 9.36 Å². The van der Waals surface area contributed by atoms with Crippen LogP contribution in [0.4, 0.5) is 0 Å². The van der Waals surface area contributed by atoms with Gasteiger partial charge in [-0.15, -0.1) is 0 Å². The number of para-hydroxylation sites is 1. The minimum atomic E-state index is -0.357. The molecule has 0 spiro atoms. The van der Waals surface area contributed by atoms with Gasteiger partial charge in [0.05, 0.1) is 12.3 Å². The second-order valence-corrected chi connectivity index (χ2v) is 9.49. The molecule has 0 bridgehead atoms. The summed E-state index contributed by atoms with van der Waals surface area (Å²) in [5, 5.41) is 0. The Bertz CT molecular complexity index is 1050. The van der Waals surface area contributed by atoms with Crippen LogP contribution >= 0.6 is 0 Å². The molecular formula is C26H29N3O. The smallest absolute Gasteiger partial charge is 0.226 e. The Balaban J connectivity index is 1.73. The number of hydrogen-bond acceptors (Lipinski definition) is 2. The average molecular weight is 400 g/mol. The van der Waals surface area contributed by atoms with E-state index in [-0.39, 0.29) is 23.0 Å². The van der Waals surface area contributed by atoms with Gasteiger partial charge in [0.2, 0.25) is 5.70 Å². The molecule has 1 fully saturated rings. The van der Waals surface area contributed by atoms with Crippen LogP contribution in [-0.4, -0.2) is 15.3 Å². The van der Waals surface area contributed by atoms with Crippen molar-refractivity contribution < 1.29 is 4.79 Å². The Labute approximate surface area is 178 Å². The first-order chi connectivity index (χ1) is 14.5. The Hall–Kier alpha value is -2.67. The zero-order valence-corrected chi connectivity index (χ0v) is 17.9. The van der Waals surface area contributed by atoms with Crippen molar-refractivity contribution in [3.05, 3.63) is 70.7 Å². The van der Waals surface area contributed by atoms with Crippen molar-refractivity contribution in [2.75, 3.05) is 0 Å². The summed E-state index contributed by atoms with van der Waals surface area (Å²) in [6, 6.07) is 10.6. The summed E-state index contributed by atoms with van der Waals surface area (Å²) in [4.78, 5) is 21.6. The molecule has 3 aliphatic rings. The van der Waals surface area contributed by atoms with Crippen LogP contribution in [0.5, 0.6) is 0 Å². The van der Waals surface area contributed by atoms with Crippen LogP contribution in [0.3, 0.4) is 0 Å². The van der Waals surface area contributed by atoms with Gasteiger partial charge in [-0.2, -0.15) is 0 Å². The van der Waals surface area contributed by atoms with Crippen LogP contribution in [0.1, 0.15) is 75.5 Å². The molecule has 2 aromatic rings. The monoisotopic (exact) mass is 399 g/mol. The van der Waals surface area contributed by atoms with Gasteiger partial charge in [0.1, 0.15) is 5.82 Å². The molecule has 1 saturated carbocycles. The van der Waals surface area contributed by atoms with Crippen molar-refractivity contribution >= 4 is 5.78 Å². The molecule has 0 radical (unpaired) electrons. The van der Waals surface area contributed by atoms with E-state index < -0.39 is 0 Å². The Morgan fingerprint density at radius 2 is 1.87 bits per heavy atom. The van der Waals surface area contributed by atoms with Gasteiger partial charge in [-0.25, -0.2) is 9.83 Å². The highest BCUT2D eigenvalue weighted by Gasteiger charge is 2.50. The van der Waals surface area contributed by atoms with E-state index in [2.05, 4.69) is 46.7 Å². The van der Waals surface area contributed by atoms with E-state index in [1.54, 1.807) is 0 Å². The molecule has 5 rings (SSSR count). The number of carbonyl (C=O) groups excluding carboxylic acids is 1. The van der Waals surface area contributed by atoms with E-state index in [1.165, 1.54) is 49.3 Å². The molecule has 30 heavy (non-hydrogen) atoms. The van der Waals surface area contributed by atoms with E-state index in [0.717, 1.165) is 18.5 Å². The highest BCUT2D eigenvalue weighted by molar-refractivity contribution is 6.00. The summed E-state index contributed by atoms with van der Waals surface area (Å²) in [7, 11) is 0. The fourth-order valence-electron chi connectivity index (χ4n) is 6.21. The molecule has 1 heterocycles. The fraction of sp³-hybridized carbons (Fsp3) is 0.500. The maximum Gasteiger partial charge on any atom is 0.226 e. The zero-order valence-electron chi connectivity index (χ0n) is 17.9. The van der Waals surface area contributed by atoms with Crippen LogP contribution in [0.25, 0.3) is 10.5 Å². The van der Waals surface area contributed by atoms with E-state index in [1.807, 2.05) is 13.0 Å². The molecule has 0 saturated heterocycles. The largest absolute Gasteiger partial charge is 0.308 e. The van der Waals surface area contributed by atoms with E-state index >= 15 is 0 Å². The molecule has 0 N–H and O–H groups in total. The number of ketones is 1. The van der Waals surface area contributed by atoms with Gasteiger partial charge in [-0.05, 0) is 43.7 Å². The topological polar surface area (TPSA) is 39.2 Å². The van der Waals surface area contributed by atoms with Crippen molar-refractivity contribution in [3.63, 3.8) is 0 Å². The summed E-state index contributed by atoms with van der Waals surface area (Å²) < 4.78 is 2.42. The van der Waals surface area contributed by atoms with E-state index in [0.29, 0.717) is 11.6 Å². The number of Topliss-reactive ketones (excluding diaryl/α,β-unsaturated/α-hetero) is 1. The van der Waals surface area contributed by atoms with Crippen molar-refractivity contribution in [1.82, 2.24) is 9.55 Å². The number of aromatic nitrogens is 2. The molecule has 154 valence electrons. The third-order valence-corrected chi connectivity index (χ3v) is 7.78. The predicted octanol–water partition coefficient (Wildman–Crippen LogP) is 5.76. The Kier molecular flexibility index (Phi) is 4.65. The third kappa shape index (κ3) is 2.79. The Morgan fingerprint density at radius 3 is 2.57 bits per heavy atom. The molecule has 1 aromatic carbocycles. The number of allylic oxidation sites excluding steroid dienone is 2. The maximum atomic E-state index is 12.7. The molecule has 3 atom stereocenters. The van der Waals surface area contributed by atoms with Crippen LogP contribution in [-0.2, 0) is 16.6 Å².